The average molecular weight is 494 g/mol. The first-order valence-corrected chi connectivity index (χ1v) is 11.2. The number of amides is 1. The first-order valence-electron chi connectivity index (χ1n) is 9.44. The highest BCUT2D eigenvalue weighted by Gasteiger charge is 2.14. The molecule has 0 bridgehead atoms. The second-order valence-corrected chi connectivity index (χ2v) is 8.24. The normalized spacial score (nSPS) is 11.0. The summed E-state index contributed by atoms with van der Waals surface area (Å²) in [5, 5.41) is 3.52. The molecular formula is C21H21BrFN3O3S. The van der Waals surface area contributed by atoms with Crippen LogP contribution in [0.15, 0.2) is 56.9 Å². The van der Waals surface area contributed by atoms with Crippen LogP contribution >= 0.6 is 27.7 Å². The molecule has 1 amide bonds. The van der Waals surface area contributed by atoms with Crippen molar-refractivity contribution < 1.29 is 13.9 Å². The van der Waals surface area contributed by atoms with Crippen LogP contribution in [0, 0.1) is 5.82 Å². The number of fused-ring (bicyclic) bond motifs is 1. The largest absolute Gasteiger partial charge is 0.382 e. The van der Waals surface area contributed by atoms with E-state index < -0.39 is 5.82 Å². The number of para-hydroxylation sites is 1. The maximum atomic E-state index is 13.9. The number of halogens is 2. The van der Waals surface area contributed by atoms with Crippen molar-refractivity contribution in [2.24, 2.45) is 0 Å². The van der Waals surface area contributed by atoms with E-state index in [1.54, 1.807) is 28.8 Å². The minimum atomic E-state index is -0.528. The standard InChI is InChI=1S/C21H21BrFN3O3S/c1-2-29-11-5-10-26-20(28)15-6-3-4-7-17(15)25-21(26)30-13-19(27)24-18-9-8-14(22)12-16(18)23/h3-4,6-9,12H,2,5,10-11,13H2,1H3,(H,24,27). The maximum absolute atomic E-state index is 13.9. The Morgan fingerprint density at radius 1 is 1.30 bits per heavy atom. The third kappa shape index (κ3) is 5.68. The highest BCUT2D eigenvalue weighted by molar-refractivity contribution is 9.10. The molecule has 1 heterocycles. The highest BCUT2D eigenvalue weighted by Crippen LogP contribution is 2.21. The van der Waals surface area contributed by atoms with Crippen LogP contribution in [-0.4, -0.2) is 34.4 Å². The summed E-state index contributed by atoms with van der Waals surface area (Å²) in [4.78, 5) is 29.8. The Labute approximate surface area is 186 Å². The van der Waals surface area contributed by atoms with E-state index in [4.69, 9.17) is 4.74 Å². The minimum absolute atomic E-state index is 0.00819. The van der Waals surface area contributed by atoms with E-state index in [0.29, 0.717) is 46.7 Å². The van der Waals surface area contributed by atoms with Gasteiger partial charge in [-0.2, -0.15) is 0 Å². The monoisotopic (exact) mass is 493 g/mol. The van der Waals surface area contributed by atoms with Gasteiger partial charge >= 0.3 is 0 Å². The Hall–Kier alpha value is -2.23. The lowest BCUT2D eigenvalue weighted by molar-refractivity contribution is -0.113. The van der Waals surface area contributed by atoms with Crippen molar-refractivity contribution in [2.45, 2.75) is 25.0 Å². The molecular weight excluding hydrogens is 473 g/mol. The van der Waals surface area contributed by atoms with E-state index in [9.17, 15) is 14.0 Å². The number of ether oxygens (including phenoxy) is 1. The number of hydrogen-bond acceptors (Lipinski definition) is 5. The van der Waals surface area contributed by atoms with Crippen molar-refractivity contribution in [2.75, 3.05) is 24.3 Å². The van der Waals surface area contributed by atoms with Crippen molar-refractivity contribution in [3.05, 3.63) is 63.1 Å². The summed E-state index contributed by atoms with van der Waals surface area (Å²) in [7, 11) is 0. The fourth-order valence-electron chi connectivity index (χ4n) is 2.83. The Morgan fingerprint density at radius 3 is 2.87 bits per heavy atom. The van der Waals surface area contributed by atoms with E-state index in [0.717, 1.165) is 11.8 Å². The minimum Gasteiger partial charge on any atom is -0.382 e. The van der Waals surface area contributed by atoms with Crippen LogP contribution in [0.2, 0.25) is 0 Å². The van der Waals surface area contributed by atoms with Crippen LogP contribution < -0.4 is 10.9 Å². The van der Waals surface area contributed by atoms with Crippen molar-refractivity contribution in [1.29, 1.82) is 0 Å². The van der Waals surface area contributed by atoms with E-state index in [2.05, 4.69) is 26.2 Å². The van der Waals surface area contributed by atoms with Gasteiger partial charge in [-0.3, -0.25) is 14.2 Å². The smallest absolute Gasteiger partial charge is 0.262 e. The lowest BCUT2D eigenvalue weighted by atomic mass is 10.2. The number of rotatable bonds is 9. The number of anilines is 1. The van der Waals surface area contributed by atoms with Crippen LogP contribution in [0.1, 0.15) is 13.3 Å². The second kappa shape index (κ2) is 10.7. The molecule has 0 atom stereocenters. The molecule has 0 saturated carbocycles. The number of hydrogen-bond donors (Lipinski definition) is 1. The summed E-state index contributed by atoms with van der Waals surface area (Å²) in [5.41, 5.74) is 0.522. The molecule has 9 heteroatoms. The van der Waals surface area contributed by atoms with Crippen LogP contribution in [0.4, 0.5) is 10.1 Å². The molecule has 158 valence electrons. The zero-order valence-electron chi connectivity index (χ0n) is 16.4. The van der Waals surface area contributed by atoms with Gasteiger partial charge < -0.3 is 10.1 Å². The zero-order chi connectivity index (χ0) is 21.5. The van der Waals surface area contributed by atoms with Gasteiger partial charge in [-0.15, -0.1) is 0 Å². The van der Waals surface area contributed by atoms with Gasteiger partial charge in [0.05, 0.1) is 22.3 Å². The molecule has 0 radical (unpaired) electrons. The van der Waals surface area contributed by atoms with Crippen molar-refractivity contribution in [3.63, 3.8) is 0 Å². The number of benzene rings is 2. The van der Waals surface area contributed by atoms with Crippen molar-refractivity contribution in [3.8, 4) is 0 Å². The number of carbonyl (C=O) groups excluding carboxylic acids is 1. The Bertz CT molecular complexity index is 1110. The topological polar surface area (TPSA) is 73.2 Å². The molecule has 3 rings (SSSR count). The molecule has 2 aromatic carbocycles. The molecule has 6 nitrogen and oxygen atoms in total. The first kappa shape index (κ1) is 22.5. The molecule has 0 unspecified atom stereocenters. The molecule has 3 aromatic rings. The van der Waals surface area contributed by atoms with Crippen molar-refractivity contribution in [1.82, 2.24) is 9.55 Å². The maximum Gasteiger partial charge on any atom is 0.262 e. The summed E-state index contributed by atoms with van der Waals surface area (Å²) in [6, 6.07) is 11.5. The number of aromatic nitrogens is 2. The Balaban J connectivity index is 1.77. The second-order valence-electron chi connectivity index (χ2n) is 6.38. The predicted octanol–water partition coefficient (Wildman–Crippen LogP) is 4.46. The van der Waals surface area contributed by atoms with Gasteiger partial charge in [0.15, 0.2) is 5.16 Å². The fourth-order valence-corrected chi connectivity index (χ4v) is 3.99. The molecule has 0 aliphatic carbocycles. The first-order chi connectivity index (χ1) is 14.5. The zero-order valence-corrected chi connectivity index (χ0v) is 18.8. The Morgan fingerprint density at radius 2 is 2.10 bits per heavy atom. The molecule has 1 aromatic heterocycles. The van der Waals surface area contributed by atoms with Gasteiger partial charge in [0.2, 0.25) is 5.91 Å². The van der Waals surface area contributed by atoms with Gasteiger partial charge in [0, 0.05) is 24.2 Å². The van der Waals surface area contributed by atoms with Gasteiger partial charge in [0.1, 0.15) is 5.82 Å². The van der Waals surface area contributed by atoms with E-state index in [1.165, 1.54) is 12.1 Å². The van der Waals surface area contributed by atoms with Crippen molar-refractivity contribution >= 4 is 50.2 Å². The van der Waals surface area contributed by atoms with E-state index in [1.807, 2.05) is 13.0 Å². The molecule has 0 aliphatic heterocycles. The molecule has 0 spiro atoms. The third-order valence-corrected chi connectivity index (χ3v) is 5.71. The SMILES string of the molecule is CCOCCCn1c(SCC(=O)Nc2ccc(Br)cc2F)nc2ccccc2c1=O. The quantitative estimate of drug-likeness (QED) is 0.270. The lowest BCUT2D eigenvalue weighted by Crippen LogP contribution is -2.25. The number of nitrogens with zero attached hydrogens (tertiary/aromatic N) is 2. The molecule has 30 heavy (non-hydrogen) atoms. The van der Waals surface area contributed by atoms with E-state index in [-0.39, 0.29) is 22.9 Å². The average Bonchev–Trinajstić information content (AvgIpc) is 2.73. The molecule has 0 aliphatic rings. The summed E-state index contributed by atoms with van der Waals surface area (Å²) in [6.07, 6.45) is 0.650. The summed E-state index contributed by atoms with van der Waals surface area (Å²) in [6.45, 7) is 3.49. The Kier molecular flexibility index (Phi) is 8.01. The number of thioether (sulfide) groups is 1. The molecule has 0 fully saturated rings. The van der Waals surface area contributed by atoms with Crippen LogP contribution in [0.25, 0.3) is 10.9 Å². The number of carbonyl (C=O) groups is 1. The van der Waals surface area contributed by atoms with Gasteiger partial charge in [-0.05, 0) is 43.7 Å². The number of nitrogens with one attached hydrogen (secondary N) is 1. The fraction of sp³-hybridized carbons (Fsp3) is 0.286. The molecule has 0 saturated heterocycles. The summed E-state index contributed by atoms with van der Waals surface area (Å²) >= 11 is 4.33. The van der Waals surface area contributed by atoms with E-state index >= 15 is 0 Å². The van der Waals surface area contributed by atoms with Gasteiger partial charge in [-0.25, -0.2) is 9.37 Å². The summed E-state index contributed by atoms with van der Waals surface area (Å²) < 4.78 is 21.5. The summed E-state index contributed by atoms with van der Waals surface area (Å²) in [5.74, 6) is -0.921. The van der Waals surface area contributed by atoms with Crippen LogP contribution in [-0.2, 0) is 16.1 Å². The molecule has 1 N–H and O–H groups in total. The highest BCUT2D eigenvalue weighted by atomic mass is 79.9. The van der Waals surface area contributed by atoms with Gasteiger partial charge in [-0.1, -0.05) is 39.8 Å². The third-order valence-electron chi connectivity index (χ3n) is 4.24. The van der Waals surface area contributed by atoms with Gasteiger partial charge in [0.25, 0.3) is 5.56 Å². The van der Waals surface area contributed by atoms with Crippen LogP contribution in [0.5, 0.6) is 0 Å². The predicted molar refractivity (Wildman–Crippen MR) is 121 cm³/mol. The van der Waals surface area contributed by atoms with Crippen LogP contribution in [0.3, 0.4) is 0 Å². The lowest BCUT2D eigenvalue weighted by Gasteiger charge is -2.13.